The van der Waals surface area contributed by atoms with Crippen molar-refractivity contribution in [1.29, 1.82) is 0 Å². The SMILES string of the molecule is CC(=O)c1ccc(Sc2nc3ccc(C)cc3[nH]2)cn1. The Morgan fingerprint density at radius 1 is 1.25 bits per heavy atom. The summed E-state index contributed by atoms with van der Waals surface area (Å²) in [6.07, 6.45) is 1.69. The van der Waals surface area contributed by atoms with Crippen LogP contribution in [0.3, 0.4) is 0 Å². The first-order chi connectivity index (χ1) is 9.61. The predicted octanol–water partition coefficient (Wildman–Crippen LogP) is 3.62. The maximum atomic E-state index is 11.2. The average molecular weight is 283 g/mol. The molecule has 0 spiro atoms. The van der Waals surface area contributed by atoms with Gasteiger partial charge in [-0.05, 0) is 36.8 Å². The van der Waals surface area contributed by atoms with Crippen molar-refractivity contribution in [3.05, 3.63) is 47.8 Å². The van der Waals surface area contributed by atoms with Crippen LogP contribution in [0.5, 0.6) is 0 Å². The standard InChI is InChI=1S/C15H13N3OS/c1-9-3-5-13-14(7-9)18-15(17-13)20-11-4-6-12(10(2)19)16-8-11/h3-8H,1-2H3,(H,17,18). The molecule has 0 saturated heterocycles. The molecule has 3 aromatic rings. The van der Waals surface area contributed by atoms with Crippen molar-refractivity contribution in [2.75, 3.05) is 0 Å². The normalized spacial score (nSPS) is 10.9. The Bertz CT molecular complexity index is 777. The third-order valence-electron chi connectivity index (χ3n) is 2.93. The molecule has 0 aliphatic heterocycles. The van der Waals surface area contributed by atoms with Gasteiger partial charge in [-0.15, -0.1) is 0 Å². The van der Waals surface area contributed by atoms with Gasteiger partial charge in [0.2, 0.25) is 0 Å². The number of carbonyl (C=O) groups is 1. The van der Waals surface area contributed by atoms with E-state index < -0.39 is 0 Å². The fraction of sp³-hybridized carbons (Fsp3) is 0.133. The molecule has 0 saturated carbocycles. The monoisotopic (exact) mass is 283 g/mol. The minimum Gasteiger partial charge on any atom is -0.333 e. The number of H-pyrrole nitrogens is 1. The fourth-order valence-electron chi connectivity index (χ4n) is 1.91. The third-order valence-corrected chi connectivity index (χ3v) is 3.79. The summed E-state index contributed by atoms with van der Waals surface area (Å²) in [6, 6.07) is 9.73. The van der Waals surface area contributed by atoms with E-state index in [2.05, 4.69) is 27.9 Å². The lowest BCUT2D eigenvalue weighted by molar-refractivity contribution is 0.101. The Balaban J connectivity index is 1.87. The van der Waals surface area contributed by atoms with Crippen LogP contribution in [0, 0.1) is 6.92 Å². The van der Waals surface area contributed by atoms with Gasteiger partial charge in [0.25, 0.3) is 0 Å². The molecule has 0 radical (unpaired) electrons. The van der Waals surface area contributed by atoms with Crippen molar-refractivity contribution < 1.29 is 4.79 Å². The molecule has 5 heteroatoms. The number of carbonyl (C=O) groups excluding carboxylic acids is 1. The zero-order valence-electron chi connectivity index (χ0n) is 11.2. The van der Waals surface area contributed by atoms with Gasteiger partial charge < -0.3 is 4.98 Å². The quantitative estimate of drug-likeness (QED) is 0.746. The number of aromatic nitrogens is 3. The summed E-state index contributed by atoms with van der Waals surface area (Å²) in [5, 5.41) is 0.822. The number of pyridine rings is 1. The first-order valence-corrected chi connectivity index (χ1v) is 7.05. The molecule has 100 valence electrons. The number of Topliss-reactive ketones (excluding diaryl/α,β-unsaturated/α-hetero) is 1. The second kappa shape index (κ2) is 5.09. The predicted molar refractivity (Wildman–Crippen MR) is 79.2 cm³/mol. The maximum Gasteiger partial charge on any atom is 0.178 e. The zero-order valence-corrected chi connectivity index (χ0v) is 12.0. The zero-order chi connectivity index (χ0) is 14.1. The van der Waals surface area contributed by atoms with Crippen molar-refractivity contribution in [2.24, 2.45) is 0 Å². The maximum absolute atomic E-state index is 11.2. The van der Waals surface area contributed by atoms with Gasteiger partial charge >= 0.3 is 0 Å². The number of imidazole rings is 1. The first kappa shape index (κ1) is 12.9. The number of rotatable bonds is 3. The smallest absolute Gasteiger partial charge is 0.178 e. The van der Waals surface area contributed by atoms with Crippen LogP contribution in [0.4, 0.5) is 0 Å². The van der Waals surface area contributed by atoms with Crippen LogP contribution in [0.1, 0.15) is 23.0 Å². The van der Waals surface area contributed by atoms with E-state index in [4.69, 9.17) is 0 Å². The van der Waals surface area contributed by atoms with E-state index in [1.165, 1.54) is 24.2 Å². The number of hydrogen-bond donors (Lipinski definition) is 1. The number of ketones is 1. The molecule has 0 aliphatic carbocycles. The molecule has 0 atom stereocenters. The van der Waals surface area contributed by atoms with Gasteiger partial charge in [0.05, 0.1) is 11.0 Å². The summed E-state index contributed by atoms with van der Waals surface area (Å²) >= 11 is 1.50. The summed E-state index contributed by atoms with van der Waals surface area (Å²) in [6.45, 7) is 3.56. The highest BCUT2D eigenvalue weighted by atomic mass is 32.2. The van der Waals surface area contributed by atoms with Gasteiger partial charge in [-0.3, -0.25) is 9.78 Å². The summed E-state index contributed by atoms with van der Waals surface area (Å²) < 4.78 is 0. The lowest BCUT2D eigenvalue weighted by Gasteiger charge is -1.98. The minimum atomic E-state index is -0.0271. The van der Waals surface area contributed by atoms with E-state index in [0.717, 1.165) is 21.1 Å². The summed E-state index contributed by atoms with van der Waals surface area (Å²) in [4.78, 5) is 24.1. The molecule has 3 rings (SSSR count). The molecule has 2 heterocycles. The van der Waals surface area contributed by atoms with Crippen molar-refractivity contribution >= 4 is 28.6 Å². The molecule has 0 amide bonds. The number of fused-ring (bicyclic) bond motifs is 1. The lowest BCUT2D eigenvalue weighted by Crippen LogP contribution is -1.95. The van der Waals surface area contributed by atoms with Gasteiger partial charge in [0.15, 0.2) is 10.9 Å². The fourth-order valence-corrected chi connectivity index (χ4v) is 2.68. The van der Waals surface area contributed by atoms with Crippen molar-refractivity contribution in [1.82, 2.24) is 15.0 Å². The van der Waals surface area contributed by atoms with Crippen LogP contribution < -0.4 is 0 Å². The van der Waals surface area contributed by atoms with Crippen LogP contribution in [-0.2, 0) is 0 Å². The third kappa shape index (κ3) is 2.58. The van der Waals surface area contributed by atoms with E-state index in [1.54, 1.807) is 12.3 Å². The molecule has 0 fully saturated rings. The topological polar surface area (TPSA) is 58.6 Å². The molecule has 0 unspecified atom stereocenters. The van der Waals surface area contributed by atoms with Gasteiger partial charge in [-0.25, -0.2) is 4.98 Å². The number of benzene rings is 1. The largest absolute Gasteiger partial charge is 0.333 e. The summed E-state index contributed by atoms with van der Waals surface area (Å²) in [7, 11) is 0. The highest BCUT2D eigenvalue weighted by molar-refractivity contribution is 7.99. The number of hydrogen-bond acceptors (Lipinski definition) is 4. The summed E-state index contributed by atoms with van der Waals surface area (Å²) in [5.41, 5.74) is 3.66. The van der Waals surface area contributed by atoms with E-state index in [0.29, 0.717) is 5.69 Å². The minimum absolute atomic E-state index is 0.0271. The molecule has 20 heavy (non-hydrogen) atoms. The van der Waals surface area contributed by atoms with Crippen LogP contribution in [0.15, 0.2) is 46.6 Å². The molecule has 0 bridgehead atoms. The van der Waals surface area contributed by atoms with Gasteiger partial charge in [0.1, 0.15) is 5.69 Å². The van der Waals surface area contributed by atoms with Crippen molar-refractivity contribution in [3.63, 3.8) is 0 Å². The molecule has 0 aliphatic rings. The summed E-state index contributed by atoms with van der Waals surface area (Å²) in [5.74, 6) is -0.0271. The number of nitrogens with zero attached hydrogens (tertiary/aromatic N) is 2. The van der Waals surface area contributed by atoms with E-state index in [1.807, 2.05) is 18.2 Å². The Labute approximate surface area is 120 Å². The van der Waals surface area contributed by atoms with E-state index in [-0.39, 0.29) is 5.78 Å². The van der Waals surface area contributed by atoms with Gasteiger partial charge in [-0.2, -0.15) is 0 Å². The average Bonchev–Trinajstić information content (AvgIpc) is 2.80. The molecule has 2 aromatic heterocycles. The number of aryl methyl sites for hydroxylation is 1. The second-order valence-corrected chi connectivity index (χ2v) is 5.66. The van der Waals surface area contributed by atoms with E-state index >= 15 is 0 Å². The van der Waals surface area contributed by atoms with Crippen LogP contribution in [0.25, 0.3) is 11.0 Å². The Kier molecular flexibility index (Phi) is 3.28. The van der Waals surface area contributed by atoms with Gasteiger partial charge in [0, 0.05) is 18.0 Å². The van der Waals surface area contributed by atoms with Crippen LogP contribution in [-0.4, -0.2) is 20.7 Å². The number of nitrogens with one attached hydrogen (secondary N) is 1. The molecular formula is C15H13N3OS. The molecular weight excluding hydrogens is 270 g/mol. The Morgan fingerprint density at radius 2 is 2.10 bits per heavy atom. The first-order valence-electron chi connectivity index (χ1n) is 6.23. The van der Waals surface area contributed by atoms with Gasteiger partial charge in [-0.1, -0.05) is 17.8 Å². The second-order valence-electron chi connectivity index (χ2n) is 4.60. The van der Waals surface area contributed by atoms with Crippen LogP contribution in [0.2, 0.25) is 0 Å². The Morgan fingerprint density at radius 3 is 2.80 bits per heavy atom. The molecule has 4 nitrogen and oxygen atoms in total. The van der Waals surface area contributed by atoms with Crippen molar-refractivity contribution in [3.8, 4) is 0 Å². The molecule has 1 aromatic carbocycles. The van der Waals surface area contributed by atoms with E-state index in [9.17, 15) is 4.79 Å². The lowest BCUT2D eigenvalue weighted by atomic mass is 10.2. The van der Waals surface area contributed by atoms with Crippen molar-refractivity contribution in [2.45, 2.75) is 23.9 Å². The highest BCUT2D eigenvalue weighted by Crippen LogP contribution is 2.27. The van der Waals surface area contributed by atoms with Crippen LogP contribution >= 0.6 is 11.8 Å². The Hall–Kier alpha value is -2.14. The molecule has 1 N–H and O–H groups in total. The highest BCUT2D eigenvalue weighted by Gasteiger charge is 2.06. The number of aromatic amines is 1.